The predicted octanol–water partition coefficient (Wildman–Crippen LogP) is 5.16. The molecule has 0 fully saturated rings. The normalized spacial score (nSPS) is 12.9. The van der Waals surface area contributed by atoms with Gasteiger partial charge in [-0.1, -0.05) is 23.8 Å². The van der Waals surface area contributed by atoms with Crippen molar-refractivity contribution in [2.24, 2.45) is 0 Å². The fraction of sp³-hybridized carbons (Fsp3) is 0.217. The van der Waals surface area contributed by atoms with Crippen LogP contribution in [0.3, 0.4) is 0 Å². The molecule has 2 aromatic carbocycles. The minimum absolute atomic E-state index is 0.224. The lowest BCUT2D eigenvalue weighted by atomic mass is 9.98. The molecule has 0 saturated heterocycles. The van der Waals surface area contributed by atoms with Crippen molar-refractivity contribution in [2.75, 3.05) is 18.5 Å². The van der Waals surface area contributed by atoms with Gasteiger partial charge in [-0.25, -0.2) is 4.98 Å². The van der Waals surface area contributed by atoms with E-state index in [1.807, 2.05) is 23.6 Å². The Bertz CT molecular complexity index is 1080. The summed E-state index contributed by atoms with van der Waals surface area (Å²) in [7, 11) is 0. The number of aromatic nitrogens is 1. The average molecular weight is 407 g/mol. The van der Waals surface area contributed by atoms with Gasteiger partial charge >= 0.3 is 0 Å². The van der Waals surface area contributed by atoms with E-state index in [4.69, 9.17) is 9.47 Å². The smallest absolute Gasteiger partial charge is 0.250 e. The summed E-state index contributed by atoms with van der Waals surface area (Å²) in [5, 5.41) is 5.40. The highest BCUT2D eigenvalue weighted by Crippen LogP contribution is 2.32. The number of thiazole rings is 1. The Morgan fingerprint density at radius 3 is 2.55 bits per heavy atom. The van der Waals surface area contributed by atoms with E-state index in [9.17, 15) is 4.79 Å². The van der Waals surface area contributed by atoms with E-state index in [1.165, 1.54) is 34.1 Å². The van der Waals surface area contributed by atoms with Gasteiger partial charge in [-0.15, -0.1) is 11.3 Å². The van der Waals surface area contributed by atoms with Crippen LogP contribution in [0.2, 0.25) is 0 Å². The molecule has 3 aromatic rings. The van der Waals surface area contributed by atoms with Crippen LogP contribution in [0, 0.1) is 20.8 Å². The van der Waals surface area contributed by atoms with Crippen LogP contribution in [0.1, 0.15) is 22.3 Å². The third kappa shape index (κ3) is 4.32. The Morgan fingerprint density at radius 1 is 1.07 bits per heavy atom. The molecule has 5 nitrogen and oxygen atoms in total. The Kier molecular flexibility index (Phi) is 5.36. The van der Waals surface area contributed by atoms with Crippen LogP contribution in [0.5, 0.6) is 11.5 Å². The highest BCUT2D eigenvalue weighted by Gasteiger charge is 2.13. The lowest BCUT2D eigenvalue weighted by Gasteiger charge is -2.18. The van der Waals surface area contributed by atoms with Gasteiger partial charge in [0, 0.05) is 17.0 Å². The summed E-state index contributed by atoms with van der Waals surface area (Å²) < 4.78 is 11.1. The minimum Gasteiger partial charge on any atom is -0.486 e. The third-order valence-electron chi connectivity index (χ3n) is 4.66. The third-order valence-corrected chi connectivity index (χ3v) is 5.42. The second-order valence-corrected chi connectivity index (χ2v) is 7.90. The molecule has 1 aliphatic heterocycles. The number of nitrogens with one attached hydrogen (secondary N) is 1. The van der Waals surface area contributed by atoms with E-state index < -0.39 is 0 Å². The highest BCUT2D eigenvalue weighted by atomic mass is 32.1. The van der Waals surface area contributed by atoms with Gasteiger partial charge in [0.1, 0.15) is 13.2 Å². The fourth-order valence-corrected chi connectivity index (χ4v) is 4.22. The first-order valence-electron chi connectivity index (χ1n) is 9.42. The number of carbonyl (C=O) groups excluding carboxylic acids is 1. The van der Waals surface area contributed by atoms with Crippen LogP contribution < -0.4 is 14.8 Å². The highest BCUT2D eigenvalue weighted by molar-refractivity contribution is 7.14. The van der Waals surface area contributed by atoms with Crippen LogP contribution in [0.4, 0.5) is 5.13 Å². The monoisotopic (exact) mass is 406 g/mol. The van der Waals surface area contributed by atoms with Crippen molar-refractivity contribution in [1.29, 1.82) is 0 Å². The number of benzene rings is 2. The predicted molar refractivity (Wildman–Crippen MR) is 117 cm³/mol. The molecule has 1 aliphatic rings. The second kappa shape index (κ2) is 8.09. The topological polar surface area (TPSA) is 60.5 Å². The Balaban J connectivity index is 1.45. The lowest BCUT2D eigenvalue weighted by molar-refractivity contribution is -0.111. The van der Waals surface area contributed by atoms with E-state index in [1.54, 1.807) is 6.08 Å². The van der Waals surface area contributed by atoms with Crippen molar-refractivity contribution in [2.45, 2.75) is 20.8 Å². The van der Waals surface area contributed by atoms with Gasteiger partial charge in [-0.2, -0.15) is 0 Å². The molecular formula is C23H22N2O3S. The number of rotatable bonds is 4. The molecule has 0 saturated carbocycles. The number of anilines is 1. The summed E-state index contributed by atoms with van der Waals surface area (Å²) in [5.74, 6) is 1.21. The molecule has 29 heavy (non-hydrogen) atoms. The number of ether oxygens (including phenoxy) is 2. The van der Waals surface area contributed by atoms with Crippen LogP contribution in [-0.2, 0) is 4.79 Å². The molecule has 4 rings (SSSR count). The first-order chi connectivity index (χ1) is 14.0. The van der Waals surface area contributed by atoms with Crippen LogP contribution in [0.25, 0.3) is 17.3 Å². The van der Waals surface area contributed by atoms with E-state index in [0.29, 0.717) is 24.1 Å². The maximum Gasteiger partial charge on any atom is 0.250 e. The molecule has 1 amide bonds. The van der Waals surface area contributed by atoms with E-state index in [0.717, 1.165) is 22.6 Å². The maximum absolute atomic E-state index is 12.3. The van der Waals surface area contributed by atoms with E-state index in [-0.39, 0.29) is 5.91 Å². The maximum atomic E-state index is 12.3. The van der Waals surface area contributed by atoms with Crippen LogP contribution in [-0.4, -0.2) is 24.1 Å². The average Bonchev–Trinajstić information content (AvgIpc) is 3.13. The zero-order chi connectivity index (χ0) is 20.4. The van der Waals surface area contributed by atoms with Crippen LogP contribution in [0.15, 0.2) is 41.8 Å². The number of fused-ring (bicyclic) bond motifs is 1. The van der Waals surface area contributed by atoms with Gasteiger partial charge in [-0.3, -0.25) is 10.1 Å². The van der Waals surface area contributed by atoms with Crippen molar-refractivity contribution in [3.05, 3.63) is 64.0 Å². The quantitative estimate of drug-likeness (QED) is 0.608. The molecule has 1 aromatic heterocycles. The molecule has 0 bridgehead atoms. The summed E-state index contributed by atoms with van der Waals surface area (Å²) in [6.45, 7) is 7.35. The van der Waals surface area contributed by atoms with Crippen molar-refractivity contribution in [3.8, 4) is 22.8 Å². The van der Waals surface area contributed by atoms with Crippen molar-refractivity contribution >= 4 is 28.5 Å². The van der Waals surface area contributed by atoms with Crippen molar-refractivity contribution < 1.29 is 14.3 Å². The summed E-state index contributed by atoms with van der Waals surface area (Å²) in [5.41, 5.74) is 6.48. The van der Waals surface area contributed by atoms with E-state index in [2.05, 4.69) is 43.2 Å². The summed E-state index contributed by atoms with van der Waals surface area (Å²) in [4.78, 5) is 16.9. The Hall–Kier alpha value is -3.12. The molecule has 6 heteroatoms. The Morgan fingerprint density at radius 2 is 1.79 bits per heavy atom. The summed E-state index contributed by atoms with van der Waals surface area (Å²) >= 11 is 1.42. The van der Waals surface area contributed by atoms with Gasteiger partial charge < -0.3 is 9.47 Å². The minimum atomic E-state index is -0.224. The number of amides is 1. The summed E-state index contributed by atoms with van der Waals surface area (Å²) in [6, 6.07) is 9.90. The number of carbonyl (C=O) groups is 1. The van der Waals surface area contributed by atoms with Crippen molar-refractivity contribution in [3.63, 3.8) is 0 Å². The zero-order valence-corrected chi connectivity index (χ0v) is 17.4. The molecule has 0 unspecified atom stereocenters. The van der Waals surface area contributed by atoms with Gasteiger partial charge in [0.25, 0.3) is 0 Å². The molecule has 0 aliphatic carbocycles. The summed E-state index contributed by atoms with van der Waals surface area (Å²) in [6.07, 6.45) is 3.24. The first kappa shape index (κ1) is 19.2. The van der Waals surface area contributed by atoms with E-state index >= 15 is 0 Å². The van der Waals surface area contributed by atoms with Gasteiger partial charge in [0.2, 0.25) is 5.91 Å². The molecule has 1 N–H and O–H groups in total. The number of nitrogens with zero attached hydrogens (tertiary/aromatic N) is 1. The second-order valence-electron chi connectivity index (χ2n) is 7.04. The molecule has 0 radical (unpaired) electrons. The van der Waals surface area contributed by atoms with Crippen molar-refractivity contribution in [1.82, 2.24) is 4.98 Å². The molecule has 0 atom stereocenters. The molecular weight excluding hydrogens is 384 g/mol. The largest absolute Gasteiger partial charge is 0.486 e. The number of hydrogen-bond donors (Lipinski definition) is 1. The van der Waals surface area contributed by atoms with Gasteiger partial charge in [0.15, 0.2) is 16.6 Å². The first-order valence-corrected chi connectivity index (χ1v) is 10.3. The standard InChI is InChI=1S/C23H22N2O3S/c1-14-10-15(2)22(16(3)11-14)18-13-29-23(24-18)25-21(26)7-5-17-4-6-19-20(12-17)28-9-8-27-19/h4-7,10-13H,8-9H2,1-3H3,(H,24,25,26)/b7-5+. The lowest BCUT2D eigenvalue weighted by Crippen LogP contribution is -2.15. The van der Waals surface area contributed by atoms with Gasteiger partial charge in [-0.05, 0) is 55.7 Å². The SMILES string of the molecule is Cc1cc(C)c(-c2csc(NC(=O)/C=C/c3ccc4c(c3)OCCO4)n2)c(C)c1. The Labute approximate surface area is 174 Å². The zero-order valence-electron chi connectivity index (χ0n) is 16.6. The van der Waals surface area contributed by atoms with Crippen LogP contribution >= 0.6 is 11.3 Å². The fourth-order valence-electron chi connectivity index (χ4n) is 3.51. The molecule has 2 heterocycles. The number of aryl methyl sites for hydroxylation is 3. The van der Waals surface area contributed by atoms with Gasteiger partial charge in [0.05, 0.1) is 5.69 Å². The molecule has 0 spiro atoms. The molecule has 148 valence electrons. The number of hydrogen-bond acceptors (Lipinski definition) is 5.